The number of nitrogens with one attached hydrogen (secondary N) is 2. The second-order valence-corrected chi connectivity index (χ2v) is 1.51. The Balaban J connectivity index is 3.76. The lowest BCUT2D eigenvalue weighted by atomic mass is 10.5. The highest BCUT2D eigenvalue weighted by molar-refractivity contribution is 5.74. The van der Waals surface area contributed by atoms with Gasteiger partial charge < -0.3 is 16.5 Å². The average Bonchev–Trinajstić information content (AvgIpc) is 1.99. The highest BCUT2D eigenvalue weighted by Gasteiger charge is 1.80. The number of nitrogens with two attached hydrogens (primary N) is 1. The van der Waals surface area contributed by atoms with Gasteiger partial charge in [-0.2, -0.15) is 0 Å². The van der Waals surface area contributed by atoms with Crippen molar-refractivity contribution in [3.8, 4) is 0 Å². The first-order valence-corrected chi connectivity index (χ1v) is 2.81. The number of hydrogen-bond donors (Lipinski definition) is 3. The van der Waals surface area contributed by atoms with E-state index in [0.717, 1.165) is 6.21 Å². The van der Waals surface area contributed by atoms with Gasteiger partial charge in [-0.05, 0) is 6.08 Å². The molecule has 54 valence electrons. The van der Waals surface area contributed by atoms with E-state index in [-0.39, 0.29) is 0 Å². The summed E-state index contributed by atoms with van der Waals surface area (Å²) in [5.41, 5.74) is 5.68. The molecule has 0 fully saturated rings. The second-order valence-electron chi connectivity index (χ2n) is 1.51. The summed E-state index contributed by atoms with van der Waals surface area (Å²) in [7, 11) is 0. The smallest absolute Gasteiger partial charge is 0.0715 e. The lowest BCUT2D eigenvalue weighted by Crippen LogP contribution is -2.07. The first-order chi connectivity index (χ1) is 4.85. The minimum absolute atomic E-state index is 0.554. The lowest BCUT2D eigenvalue weighted by molar-refractivity contribution is 1.13. The molecule has 0 aromatic heterocycles. The Bertz CT molecular complexity index is 168. The molecule has 0 bridgehead atoms. The van der Waals surface area contributed by atoms with Gasteiger partial charge in [0.05, 0.1) is 5.70 Å². The standard InChI is InChI=1S/C7H11N3/c1-2-3-4-10-7(5-8)6-9/h2-6,8,10H,1,9H2/b4-3-,7-6+,8-5?. The molecule has 0 heterocycles. The van der Waals surface area contributed by atoms with E-state index in [2.05, 4.69) is 11.9 Å². The van der Waals surface area contributed by atoms with E-state index in [0.29, 0.717) is 5.70 Å². The van der Waals surface area contributed by atoms with Gasteiger partial charge in [0.25, 0.3) is 0 Å². The van der Waals surface area contributed by atoms with E-state index in [1.807, 2.05) is 0 Å². The fourth-order valence-corrected chi connectivity index (χ4v) is 0.350. The van der Waals surface area contributed by atoms with Crippen LogP contribution in [0, 0.1) is 5.41 Å². The van der Waals surface area contributed by atoms with Crippen LogP contribution in [-0.4, -0.2) is 6.21 Å². The van der Waals surface area contributed by atoms with Gasteiger partial charge in [0, 0.05) is 18.6 Å². The molecule has 0 spiro atoms. The van der Waals surface area contributed by atoms with Gasteiger partial charge >= 0.3 is 0 Å². The van der Waals surface area contributed by atoms with Gasteiger partial charge in [-0.25, -0.2) is 0 Å². The molecule has 0 aliphatic heterocycles. The maximum atomic E-state index is 6.80. The molecule has 0 saturated carbocycles. The molecule has 3 heteroatoms. The Morgan fingerprint density at radius 2 is 2.30 bits per heavy atom. The summed E-state index contributed by atoms with van der Waals surface area (Å²) in [4.78, 5) is 0. The van der Waals surface area contributed by atoms with E-state index >= 15 is 0 Å². The average molecular weight is 137 g/mol. The molecule has 0 amide bonds. The lowest BCUT2D eigenvalue weighted by Gasteiger charge is -1.95. The van der Waals surface area contributed by atoms with Crippen molar-refractivity contribution in [1.82, 2.24) is 5.32 Å². The third kappa shape index (κ3) is 3.49. The first kappa shape index (κ1) is 8.49. The SMILES string of the molecule is C=C/C=C\N/C(C=N)=C/N. The van der Waals surface area contributed by atoms with Gasteiger partial charge in [-0.3, -0.25) is 0 Å². The van der Waals surface area contributed by atoms with E-state index in [9.17, 15) is 0 Å². The van der Waals surface area contributed by atoms with Crippen molar-refractivity contribution in [2.24, 2.45) is 5.73 Å². The molecule has 4 N–H and O–H groups in total. The normalized spacial score (nSPS) is 11.4. The van der Waals surface area contributed by atoms with Crippen LogP contribution in [-0.2, 0) is 0 Å². The number of allylic oxidation sites excluding steroid dienone is 3. The van der Waals surface area contributed by atoms with Crippen LogP contribution in [0.15, 0.2) is 36.8 Å². The molecule has 0 aliphatic rings. The van der Waals surface area contributed by atoms with Crippen molar-refractivity contribution in [3.05, 3.63) is 36.8 Å². The first-order valence-electron chi connectivity index (χ1n) is 2.81. The summed E-state index contributed by atoms with van der Waals surface area (Å²) in [6, 6.07) is 0. The van der Waals surface area contributed by atoms with Gasteiger partial charge in [-0.15, -0.1) is 0 Å². The van der Waals surface area contributed by atoms with E-state index in [4.69, 9.17) is 11.1 Å². The number of hydrogen-bond acceptors (Lipinski definition) is 3. The molecule has 0 aromatic carbocycles. The monoisotopic (exact) mass is 137 g/mol. The van der Waals surface area contributed by atoms with E-state index in [1.54, 1.807) is 18.4 Å². The third-order valence-electron chi connectivity index (χ3n) is 0.817. The van der Waals surface area contributed by atoms with Crippen LogP contribution in [0.25, 0.3) is 0 Å². The zero-order chi connectivity index (χ0) is 7.82. The maximum Gasteiger partial charge on any atom is 0.0715 e. The van der Waals surface area contributed by atoms with Crippen LogP contribution in [0.1, 0.15) is 0 Å². The molecule has 0 rings (SSSR count). The molecule has 0 aliphatic carbocycles. The molecule has 0 atom stereocenters. The van der Waals surface area contributed by atoms with E-state index < -0.39 is 0 Å². The van der Waals surface area contributed by atoms with Crippen LogP contribution < -0.4 is 11.1 Å². The summed E-state index contributed by atoms with van der Waals surface area (Å²) in [6.07, 6.45) is 7.45. The van der Waals surface area contributed by atoms with Crippen molar-refractivity contribution >= 4 is 6.21 Å². The van der Waals surface area contributed by atoms with Crippen molar-refractivity contribution in [2.75, 3.05) is 0 Å². The zero-order valence-electron chi connectivity index (χ0n) is 5.67. The summed E-state index contributed by atoms with van der Waals surface area (Å²) >= 11 is 0. The van der Waals surface area contributed by atoms with Crippen LogP contribution in [0.3, 0.4) is 0 Å². The number of rotatable bonds is 4. The summed E-state index contributed by atoms with van der Waals surface area (Å²) in [5.74, 6) is 0. The molecule has 0 saturated heterocycles. The van der Waals surface area contributed by atoms with Gasteiger partial charge in [-0.1, -0.05) is 12.7 Å². The summed E-state index contributed by atoms with van der Waals surface area (Å²) in [6.45, 7) is 3.47. The van der Waals surface area contributed by atoms with Crippen molar-refractivity contribution in [2.45, 2.75) is 0 Å². The predicted molar refractivity (Wildman–Crippen MR) is 43.5 cm³/mol. The molecule has 0 aromatic rings. The Morgan fingerprint density at radius 1 is 1.60 bits per heavy atom. The van der Waals surface area contributed by atoms with Crippen molar-refractivity contribution in [1.29, 1.82) is 5.41 Å². The third-order valence-corrected chi connectivity index (χ3v) is 0.817. The van der Waals surface area contributed by atoms with Crippen LogP contribution in [0.2, 0.25) is 0 Å². The highest BCUT2D eigenvalue weighted by Crippen LogP contribution is 1.78. The van der Waals surface area contributed by atoms with Crippen molar-refractivity contribution < 1.29 is 0 Å². The Morgan fingerprint density at radius 3 is 2.70 bits per heavy atom. The predicted octanol–water partition coefficient (Wildman–Crippen LogP) is 0.725. The highest BCUT2D eigenvalue weighted by atomic mass is 14.9. The quantitative estimate of drug-likeness (QED) is 0.395. The van der Waals surface area contributed by atoms with Gasteiger partial charge in [0.1, 0.15) is 0 Å². The topological polar surface area (TPSA) is 61.9 Å². The van der Waals surface area contributed by atoms with Crippen LogP contribution >= 0.6 is 0 Å². The van der Waals surface area contributed by atoms with Crippen molar-refractivity contribution in [3.63, 3.8) is 0 Å². The zero-order valence-corrected chi connectivity index (χ0v) is 5.67. The van der Waals surface area contributed by atoms with Gasteiger partial charge in [0.2, 0.25) is 0 Å². The fourth-order valence-electron chi connectivity index (χ4n) is 0.350. The Kier molecular flexibility index (Phi) is 4.77. The Hall–Kier alpha value is -1.51. The molecular formula is C7H11N3. The molecule has 10 heavy (non-hydrogen) atoms. The fraction of sp³-hybridized carbons (Fsp3) is 0. The molecule has 0 unspecified atom stereocenters. The molecule has 3 nitrogen and oxygen atoms in total. The molecule has 0 radical (unpaired) electrons. The van der Waals surface area contributed by atoms with Crippen LogP contribution in [0.4, 0.5) is 0 Å². The summed E-state index contributed by atoms with van der Waals surface area (Å²) in [5, 5.41) is 9.56. The van der Waals surface area contributed by atoms with Gasteiger partial charge in [0.15, 0.2) is 0 Å². The summed E-state index contributed by atoms with van der Waals surface area (Å²) < 4.78 is 0. The Labute approximate surface area is 60.4 Å². The largest absolute Gasteiger partial charge is 0.403 e. The van der Waals surface area contributed by atoms with Crippen LogP contribution in [0.5, 0.6) is 0 Å². The minimum Gasteiger partial charge on any atom is -0.403 e. The second kappa shape index (κ2) is 5.62. The molecular weight excluding hydrogens is 126 g/mol. The minimum atomic E-state index is 0.554. The maximum absolute atomic E-state index is 6.80. The van der Waals surface area contributed by atoms with E-state index in [1.165, 1.54) is 6.20 Å².